The molecule has 1 aliphatic heterocycles. The van der Waals surface area contributed by atoms with Gasteiger partial charge in [-0.1, -0.05) is 17.7 Å². The Bertz CT molecular complexity index is 476. The quantitative estimate of drug-likeness (QED) is 0.682. The molecular weight excluding hydrogens is 269 g/mol. The maximum absolute atomic E-state index is 12.3. The third-order valence-electron chi connectivity index (χ3n) is 2.83. The van der Waals surface area contributed by atoms with Gasteiger partial charge in [0.15, 0.2) is 0 Å². The predicted octanol–water partition coefficient (Wildman–Crippen LogP) is 2.22. The molecule has 0 aromatic carbocycles. The fraction of sp³-hybridized carbons (Fsp3) is 0.455. The zero-order valence-corrected chi connectivity index (χ0v) is 10.1. The molecule has 1 aromatic rings. The molecule has 7 heteroatoms. The molecular formula is C11H10ClF3N2O. The first-order chi connectivity index (χ1) is 8.38. The van der Waals surface area contributed by atoms with Gasteiger partial charge in [-0.2, -0.15) is 13.2 Å². The molecule has 0 fully saturated rings. The van der Waals surface area contributed by atoms with E-state index in [0.29, 0.717) is 17.3 Å². The minimum Gasteiger partial charge on any atom is -0.334 e. The predicted molar refractivity (Wildman–Crippen MR) is 59.3 cm³/mol. The van der Waals surface area contributed by atoms with Crippen molar-refractivity contribution < 1.29 is 18.0 Å². The van der Waals surface area contributed by atoms with E-state index in [4.69, 9.17) is 11.6 Å². The van der Waals surface area contributed by atoms with Crippen molar-refractivity contribution in [1.29, 1.82) is 0 Å². The van der Waals surface area contributed by atoms with E-state index in [1.807, 2.05) is 0 Å². The summed E-state index contributed by atoms with van der Waals surface area (Å²) in [5, 5.41) is 0.310. The van der Waals surface area contributed by atoms with E-state index in [1.165, 1.54) is 0 Å². The second-order valence-corrected chi connectivity index (χ2v) is 4.42. The lowest BCUT2D eigenvalue weighted by Gasteiger charge is -2.21. The van der Waals surface area contributed by atoms with E-state index < -0.39 is 12.1 Å². The minimum atomic E-state index is -4.82. The van der Waals surface area contributed by atoms with Crippen molar-refractivity contribution in [3.05, 3.63) is 28.5 Å². The van der Waals surface area contributed by atoms with E-state index in [2.05, 4.69) is 4.98 Å². The molecule has 0 spiro atoms. The van der Waals surface area contributed by atoms with Gasteiger partial charge in [-0.3, -0.25) is 4.79 Å². The molecule has 98 valence electrons. The molecule has 1 amide bonds. The van der Waals surface area contributed by atoms with Gasteiger partial charge in [-0.15, -0.1) is 0 Å². The number of aromatic nitrogens is 1. The van der Waals surface area contributed by atoms with Crippen LogP contribution in [0.5, 0.6) is 0 Å². The average molecular weight is 279 g/mol. The Hall–Kier alpha value is -1.30. The second-order valence-electron chi connectivity index (χ2n) is 4.03. The summed E-state index contributed by atoms with van der Waals surface area (Å²) in [7, 11) is 0. The highest BCUT2D eigenvalue weighted by molar-refractivity contribution is 6.29. The number of nitrogens with zero attached hydrogens (tertiary/aromatic N) is 2. The summed E-state index contributed by atoms with van der Waals surface area (Å²) >= 11 is 5.73. The molecule has 2 rings (SSSR count). The van der Waals surface area contributed by atoms with Crippen LogP contribution in [0.4, 0.5) is 13.2 Å². The van der Waals surface area contributed by atoms with Crippen LogP contribution in [0.1, 0.15) is 11.3 Å². The molecule has 0 unspecified atom stereocenters. The topological polar surface area (TPSA) is 33.2 Å². The third-order valence-corrected chi connectivity index (χ3v) is 3.04. The number of carbonyl (C=O) groups is 1. The van der Waals surface area contributed by atoms with Crippen LogP contribution in [-0.4, -0.2) is 35.1 Å². The standard InChI is InChI=1S/C11H10ClF3N2O/c12-9-2-1-7-3-5-17(6-4-8(7)16-9)10(18)11(13,14)15/h1-2H,3-6H2. The molecule has 0 saturated heterocycles. The van der Waals surface area contributed by atoms with Crippen molar-refractivity contribution in [2.24, 2.45) is 0 Å². The zero-order chi connectivity index (χ0) is 13.3. The number of pyridine rings is 1. The van der Waals surface area contributed by atoms with Gasteiger partial charge in [0.05, 0.1) is 0 Å². The maximum Gasteiger partial charge on any atom is 0.471 e. The summed E-state index contributed by atoms with van der Waals surface area (Å²) in [5.74, 6) is -1.79. The highest BCUT2D eigenvalue weighted by atomic mass is 35.5. The number of amides is 1. The Balaban J connectivity index is 2.15. The molecule has 1 aromatic heterocycles. The Labute approximate surface area is 107 Å². The van der Waals surface area contributed by atoms with E-state index >= 15 is 0 Å². The Morgan fingerprint density at radius 2 is 1.94 bits per heavy atom. The van der Waals surface area contributed by atoms with Crippen molar-refractivity contribution in [2.75, 3.05) is 13.1 Å². The summed E-state index contributed by atoms with van der Waals surface area (Å²) in [6, 6.07) is 3.34. The summed E-state index contributed by atoms with van der Waals surface area (Å²) < 4.78 is 37.0. The second kappa shape index (κ2) is 4.76. The van der Waals surface area contributed by atoms with Crippen LogP contribution < -0.4 is 0 Å². The number of halogens is 4. The van der Waals surface area contributed by atoms with Gasteiger partial charge in [0, 0.05) is 25.2 Å². The summed E-state index contributed by atoms with van der Waals surface area (Å²) in [5.41, 5.74) is 1.51. The molecule has 0 radical (unpaired) electrons. The first kappa shape index (κ1) is 13.1. The van der Waals surface area contributed by atoms with Gasteiger partial charge in [0.1, 0.15) is 5.15 Å². The summed E-state index contributed by atoms with van der Waals surface area (Å²) in [4.78, 5) is 16.0. The zero-order valence-electron chi connectivity index (χ0n) is 9.30. The van der Waals surface area contributed by atoms with Gasteiger partial charge in [0.2, 0.25) is 0 Å². The lowest BCUT2D eigenvalue weighted by atomic mass is 10.1. The first-order valence-corrected chi connectivity index (χ1v) is 5.76. The van der Waals surface area contributed by atoms with Crippen LogP contribution >= 0.6 is 11.6 Å². The fourth-order valence-corrected chi connectivity index (χ4v) is 2.10. The van der Waals surface area contributed by atoms with Crippen LogP contribution in [0.15, 0.2) is 12.1 Å². The molecule has 18 heavy (non-hydrogen) atoms. The maximum atomic E-state index is 12.3. The molecule has 0 atom stereocenters. The first-order valence-electron chi connectivity index (χ1n) is 5.38. The van der Waals surface area contributed by atoms with Gasteiger partial charge < -0.3 is 4.90 Å². The van der Waals surface area contributed by atoms with E-state index in [-0.39, 0.29) is 19.5 Å². The van der Waals surface area contributed by atoms with Crippen molar-refractivity contribution in [3.63, 3.8) is 0 Å². The lowest BCUT2D eigenvalue weighted by molar-refractivity contribution is -0.185. The number of hydrogen-bond donors (Lipinski definition) is 0. The number of carbonyl (C=O) groups excluding carboxylic acids is 1. The van der Waals surface area contributed by atoms with Gasteiger partial charge >= 0.3 is 12.1 Å². The van der Waals surface area contributed by atoms with Crippen LogP contribution in [0.25, 0.3) is 0 Å². The summed E-state index contributed by atoms with van der Waals surface area (Å²) in [6.07, 6.45) is -4.17. The molecule has 2 heterocycles. The SMILES string of the molecule is O=C(N1CCc2ccc(Cl)nc2CC1)C(F)(F)F. The largest absolute Gasteiger partial charge is 0.471 e. The van der Waals surface area contributed by atoms with E-state index in [1.54, 1.807) is 12.1 Å². The molecule has 1 aliphatic rings. The van der Waals surface area contributed by atoms with Crippen LogP contribution in [0.3, 0.4) is 0 Å². The average Bonchev–Trinajstić information content (AvgIpc) is 2.48. The Morgan fingerprint density at radius 3 is 2.61 bits per heavy atom. The van der Waals surface area contributed by atoms with Crippen molar-refractivity contribution in [3.8, 4) is 0 Å². The van der Waals surface area contributed by atoms with Gasteiger partial charge in [-0.05, 0) is 18.1 Å². The molecule has 0 aliphatic carbocycles. The minimum absolute atomic E-state index is 0.0126. The Morgan fingerprint density at radius 1 is 1.28 bits per heavy atom. The van der Waals surface area contributed by atoms with Gasteiger partial charge in [-0.25, -0.2) is 4.98 Å². The Kier molecular flexibility index (Phi) is 3.47. The third kappa shape index (κ3) is 2.75. The molecule has 0 N–H and O–H groups in total. The van der Waals surface area contributed by atoms with Crippen molar-refractivity contribution >= 4 is 17.5 Å². The normalized spacial score (nSPS) is 16.1. The molecule has 0 bridgehead atoms. The van der Waals surface area contributed by atoms with Crippen LogP contribution in [-0.2, 0) is 17.6 Å². The highest BCUT2D eigenvalue weighted by Crippen LogP contribution is 2.22. The number of hydrogen-bond acceptors (Lipinski definition) is 2. The number of alkyl halides is 3. The molecule has 0 saturated carbocycles. The number of fused-ring (bicyclic) bond motifs is 1. The van der Waals surface area contributed by atoms with E-state index in [0.717, 1.165) is 10.5 Å². The molecule has 3 nitrogen and oxygen atoms in total. The lowest BCUT2D eigenvalue weighted by Crippen LogP contribution is -2.42. The van der Waals surface area contributed by atoms with Gasteiger partial charge in [0.25, 0.3) is 0 Å². The highest BCUT2D eigenvalue weighted by Gasteiger charge is 2.42. The van der Waals surface area contributed by atoms with Crippen LogP contribution in [0.2, 0.25) is 5.15 Å². The number of rotatable bonds is 0. The monoisotopic (exact) mass is 278 g/mol. The smallest absolute Gasteiger partial charge is 0.334 e. The van der Waals surface area contributed by atoms with Crippen molar-refractivity contribution in [1.82, 2.24) is 9.88 Å². The van der Waals surface area contributed by atoms with Crippen molar-refractivity contribution in [2.45, 2.75) is 19.0 Å². The summed E-state index contributed by atoms with van der Waals surface area (Å²) in [6.45, 7) is 0.0628. The fourth-order valence-electron chi connectivity index (χ4n) is 1.94. The van der Waals surface area contributed by atoms with Crippen LogP contribution in [0, 0.1) is 0 Å². The van der Waals surface area contributed by atoms with E-state index in [9.17, 15) is 18.0 Å².